The number of carbonyl (C=O) groups is 1. The lowest BCUT2D eigenvalue weighted by molar-refractivity contribution is -0.144. The van der Waals surface area contributed by atoms with Crippen LogP contribution in [-0.4, -0.2) is 34.1 Å². The summed E-state index contributed by atoms with van der Waals surface area (Å²) in [5.74, 6) is -0.835. The minimum Gasteiger partial charge on any atom is -0.292 e. The average Bonchev–Trinajstić information content (AvgIpc) is 2.98. The molecule has 9 nitrogen and oxygen atoms in total. The first-order valence-electron chi connectivity index (χ1n) is 8.07. The highest BCUT2D eigenvalue weighted by molar-refractivity contribution is 7.89. The first kappa shape index (κ1) is 21.7. The van der Waals surface area contributed by atoms with E-state index < -0.39 is 45.5 Å². The van der Waals surface area contributed by atoms with Gasteiger partial charge in [0.15, 0.2) is 0 Å². The molecule has 30 heavy (non-hydrogen) atoms. The maximum Gasteiger partial charge on any atom is 0.431 e. The predicted molar refractivity (Wildman–Crippen MR) is 102 cm³/mol. The minimum absolute atomic E-state index is 0.0215. The van der Waals surface area contributed by atoms with Crippen LogP contribution >= 0.6 is 11.5 Å². The van der Waals surface area contributed by atoms with Crippen molar-refractivity contribution < 1.29 is 26.4 Å². The Morgan fingerprint density at radius 1 is 1.23 bits per heavy atom. The highest BCUT2D eigenvalue weighted by Gasteiger charge is 2.35. The summed E-state index contributed by atoms with van der Waals surface area (Å²) in [6.45, 7) is 0. The second-order valence-electron chi connectivity index (χ2n) is 6.33. The zero-order chi connectivity index (χ0) is 22.4. The average molecular weight is 462 g/mol. The van der Waals surface area contributed by atoms with Crippen molar-refractivity contribution in [2.45, 2.75) is 12.6 Å². The molecule has 14 heteroatoms. The van der Waals surface area contributed by atoms with Crippen LogP contribution in [-0.2, 0) is 34.5 Å². The Hall–Kier alpha value is -3.00. The number of carbonyl (C=O) groups excluding carboxylic acids is 1. The van der Waals surface area contributed by atoms with Crippen LogP contribution in [0, 0.1) is 0 Å². The van der Waals surface area contributed by atoms with Gasteiger partial charge in [-0.1, -0.05) is 0 Å². The summed E-state index contributed by atoms with van der Waals surface area (Å²) < 4.78 is 68.7. The second-order valence-corrected chi connectivity index (χ2v) is 8.88. The first-order chi connectivity index (χ1) is 13.8. The summed E-state index contributed by atoms with van der Waals surface area (Å²) in [6, 6.07) is 4.50. The zero-order valence-corrected chi connectivity index (χ0v) is 17.0. The van der Waals surface area contributed by atoms with Crippen molar-refractivity contribution in [1.82, 2.24) is 18.2 Å². The summed E-state index contributed by atoms with van der Waals surface area (Å²) in [5, 5.41) is 0.356. The molecule has 0 spiro atoms. The van der Waals surface area contributed by atoms with Gasteiger partial charge in [-0.3, -0.25) is 18.9 Å². The van der Waals surface area contributed by atoms with E-state index in [-0.39, 0.29) is 11.4 Å². The Bertz CT molecular complexity index is 1390. The van der Waals surface area contributed by atoms with Crippen LogP contribution in [0.1, 0.15) is 11.4 Å². The molecule has 0 aliphatic heterocycles. The van der Waals surface area contributed by atoms with Gasteiger partial charge in [-0.05, 0) is 29.7 Å². The highest BCUT2D eigenvalue weighted by Crippen LogP contribution is 2.28. The van der Waals surface area contributed by atoms with Crippen LogP contribution in [0.4, 0.5) is 13.2 Å². The zero-order valence-electron chi connectivity index (χ0n) is 15.3. The largest absolute Gasteiger partial charge is 0.431 e. The fourth-order valence-electron chi connectivity index (χ4n) is 2.77. The van der Waals surface area contributed by atoms with Crippen molar-refractivity contribution in [3.05, 3.63) is 56.5 Å². The number of fused-ring (bicyclic) bond motifs is 1. The van der Waals surface area contributed by atoms with Crippen LogP contribution in [0.5, 0.6) is 0 Å². The van der Waals surface area contributed by atoms with Gasteiger partial charge >= 0.3 is 11.9 Å². The summed E-state index contributed by atoms with van der Waals surface area (Å²) in [7, 11) is -2.87. The molecule has 160 valence electrons. The third-order valence-corrected chi connectivity index (χ3v) is 5.49. The Morgan fingerprint density at radius 2 is 1.90 bits per heavy atom. The summed E-state index contributed by atoms with van der Waals surface area (Å²) in [5.41, 5.74) is -3.59. The molecule has 0 saturated heterocycles. The van der Waals surface area contributed by atoms with E-state index in [2.05, 4.69) is 4.37 Å². The van der Waals surface area contributed by atoms with E-state index in [1.54, 1.807) is 4.72 Å². The van der Waals surface area contributed by atoms with Gasteiger partial charge in [0.2, 0.25) is 15.9 Å². The highest BCUT2D eigenvalue weighted by atomic mass is 32.2. The van der Waals surface area contributed by atoms with Gasteiger partial charge in [-0.15, -0.1) is 0 Å². The van der Waals surface area contributed by atoms with Gasteiger partial charge in [-0.25, -0.2) is 17.8 Å². The molecule has 3 aromatic rings. The molecule has 1 aromatic carbocycles. The Morgan fingerprint density at radius 3 is 2.50 bits per heavy atom. The predicted octanol–water partition coefficient (Wildman–Crippen LogP) is 0.783. The Kier molecular flexibility index (Phi) is 5.32. The standard InChI is InChI=1S/C16H13F3N4O5S2/c1-22-12(16(17,18)19)7-14(25)23(15(22)26)8-3-4-11-9(5-8)10(20-29-11)6-13(24)21-30(2,27)28/h3-5,7H,6H2,1-2H3,(H,21,24). The van der Waals surface area contributed by atoms with E-state index in [9.17, 15) is 36.0 Å². The molecule has 0 aliphatic carbocycles. The first-order valence-corrected chi connectivity index (χ1v) is 10.7. The molecule has 0 aliphatic rings. The minimum atomic E-state index is -4.88. The lowest BCUT2D eigenvalue weighted by Crippen LogP contribution is -2.40. The van der Waals surface area contributed by atoms with E-state index in [0.29, 0.717) is 25.3 Å². The molecule has 0 bridgehead atoms. The maximum absolute atomic E-state index is 13.0. The third kappa shape index (κ3) is 4.28. The van der Waals surface area contributed by atoms with E-state index in [1.165, 1.54) is 18.2 Å². The summed E-state index contributed by atoms with van der Waals surface area (Å²) in [6.07, 6.45) is -4.46. The van der Waals surface area contributed by atoms with Crippen molar-refractivity contribution in [3.63, 3.8) is 0 Å². The monoisotopic (exact) mass is 462 g/mol. The molecule has 0 fully saturated rings. The van der Waals surface area contributed by atoms with Crippen molar-refractivity contribution >= 4 is 37.5 Å². The van der Waals surface area contributed by atoms with Crippen LogP contribution < -0.4 is 16.0 Å². The molecule has 0 unspecified atom stereocenters. The number of nitrogens with zero attached hydrogens (tertiary/aromatic N) is 3. The van der Waals surface area contributed by atoms with Gasteiger partial charge in [0.05, 0.1) is 28.8 Å². The van der Waals surface area contributed by atoms with Crippen LogP contribution in [0.2, 0.25) is 0 Å². The quantitative estimate of drug-likeness (QED) is 0.612. The third-order valence-electron chi connectivity index (χ3n) is 4.02. The Labute approximate surface area is 170 Å². The molecule has 1 N–H and O–H groups in total. The molecule has 3 rings (SSSR count). The molecule has 0 saturated carbocycles. The number of rotatable bonds is 4. The number of hydrogen-bond donors (Lipinski definition) is 1. The van der Waals surface area contributed by atoms with E-state index >= 15 is 0 Å². The van der Waals surface area contributed by atoms with Gasteiger partial charge in [0, 0.05) is 18.5 Å². The maximum atomic E-state index is 13.0. The lowest BCUT2D eigenvalue weighted by Gasteiger charge is -2.14. The van der Waals surface area contributed by atoms with Crippen LogP contribution in [0.3, 0.4) is 0 Å². The van der Waals surface area contributed by atoms with Crippen molar-refractivity contribution in [2.75, 3.05) is 6.26 Å². The molecule has 2 heterocycles. The summed E-state index contributed by atoms with van der Waals surface area (Å²) in [4.78, 5) is 36.6. The van der Waals surface area contributed by atoms with Gasteiger partial charge < -0.3 is 0 Å². The number of nitrogens with one attached hydrogen (secondary N) is 1. The van der Waals surface area contributed by atoms with E-state index in [1.807, 2.05) is 0 Å². The van der Waals surface area contributed by atoms with Crippen LogP contribution in [0.25, 0.3) is 15.8 Å². The number of alkyl halides is 3. The van der Waals surface area contributed by atoms with Gasteiger partial charge in [0.25, 0.3) is 5.56 Å². The summed E-state index contributed by atoms with van der Waals surface area (Å²) >= 11 is 0.996. The molecule has 0 atom stereocenters. The normalized spacial score (nSPS) is 12.3. The number of halogens is 3. The fourth-order valence-corrected chi connectivity index (χ4v) is 4.03. The number of amides is 1. The second kappa shape index (κ2) is 7.36. The SMILES string of the molecule is Cn1c(C(F)(F)F)cc(=O)n(-c2ccc3snc(CC(=O)NS(C)(=O)=O)c3c2)c1=O. The van der Waals surface area contributed by atoms with Crippen molar-refractivity contribution in [1.29, 1.82) is 0 Å². The Balaban J connectivity index is 2.11. The molecule has 1 amide bonds. The topological polar surface area (TPSA) is 120 Å². The number of benzene rings is 1. The number of aromatic nitrogens is 3. The number of sulfonamides is 1. The number of hydrogen-bond acceptors (Lipinski definition) is 7. The fraction of sp³-hybridized carbons (Fsp3) is 0.250. The molecular weight excluding hydrogens is 449 g/mol. The molecular formula is C16H13F3N4O5S2. The van der Waals surface area contributed by atoms with E-state index in [4.69, 9.17) is 0 Å². The van der Waals surface area contributed by atoms with Crippen molar-refractivity contribution in [3.8, 4) is 5.69 Å². The van der Waals surface area contributed by atoms with Gasteiger partial charge in [0.1, 0.15) is 5.69 Å². The smallest absolute Gasteiger partial charge is 0.292 e. The molecule has 2 aromatic heterocycles. The van der Waals surface area contributed by atoms with Gasteiger partial charge in [-0.2, -0.15) is 17.5 Å². The van der Waals surface area contributed by atoms with E-state index in [0.717, 1.165) is 24.8 Å². The van der Waals surface area contributed by atoms with Crippen LogP contribution in [0.15, 0.2) is 33.9 Å². The molecule has 0 radical (unpaired) electrons. The van der Waals surface area contributed by atoms with Crippen molar-refractivity contribution in [2.24, 2.45) is 7.05 Å². The lowest BCUT2D eigenvalue weighted by atomic mass is 10.1.